The van der Waals surface area contributed by atoms with Gasteiger partial charge in [-0.3, -0.25) is 0 Å². The van der Waals surface area contributed by atoms with Gasteiger partial charge in [-0.05, 0) is 24.6 Å². The number of sulfonamides is 1. The summed E-state index contributed by atoms with van der Waals surface area (Å²) in [6.45, 7) is 9.28. The quantitative estimate of drug-likeness (QED) is 0.637. The van der Waals surface area contributed by atoms with E-state index in [9.17, 15) is 8.42 Å². The van der Waals surface area contributed by atoms with E-state index in [2.05, 4.69) is 29.1 Å². The summed E-state index contributed by atoms with van der Waals surface area (Å²) in [6.07, 6.45) is 3.08. The van der Waals surface area contributed by atoms with Crippen LogP contribution in [0.15, 0.2) is 46.8 Å². The summed E-state index contributed by atoms with van der Waals surface area (Å²) < 4.78 is 27.1. The van der Waals surface area contributed by atoms with Gasteiger partial charge in [0.05, 0.1) is 4.90 Å². The van der Waals surface area contributed by atoms with E-state index in [0.717, 1.165) is 0 Å². The van der Waals surface area contributed by atoms with Gasteiger partial charge >= 0.3 is 0 Å². The highest BCUT2D eigenvalue weighted by Crippen LogP contribution is 2.28. The van der Waals surface area contributed by atoms with Crippen molar-refractivity contribution in [1.29, 1.82) is 0 Å². The summed E-state index contributed by atoms with van der Waals surface area (Å²) >= 11 is 3.26. The molecule has 0 atom stereocenters. The van der Waals surface area contributed by atoms with Crippen molar-refractivity contribution < 1.29 is 8.42 Å². The average Bonchev–Trinajstić information content (AvgIpc) is 2.33. The Morgan fingerprint density at radius 3 is 2.32 bits per heavy atom. The number of hydrogen-bond acceptors (Lipinski definition) is 3. The molecular weight excluding hydrogens is 328 g/mol. The second-order valence-corrected chi connectivity index (χ2v) is 6.84. The van der Waals surface area contributed by atoms with E-state index in [0.29, 0.717) is 15.7 Å². The molecule has 0 amide bonds. The van der Waals surface area contributed by atoms with E-state index in [4.69, 9.17) is 5.73 Å². The van der Waals surface area contributed by atoms with Crippen LogP contribution < -0.4 is 5.73 Å². The number of nitrogens with zero attached hydrogens (tertiary/aromatic N) is 1. The Morgan fingerprint density at radius 1 is 1.32 bits per heavy atom. The Hall–Kier alpha value is -1.11. The van der Waals surface area contributed by atoms with Crippen molar-refractivity contribution in [2.24, 2.45) is 0 Å². The van der Waals surface area contributed by atoms with Crippen LogP contribution in [0.4, 0.5) is 5.69 Å². The second kappa shape index (κ2) is 6.36. The SMILES string of the molecule is C=CCN(CC=C)S(=O)(=O)c1cc(Br)cc(N)c1C. The Balaban J connectivity index is 3.40. The van der Waals surface area contributed by atoms with Gasteiger partial charge in [0.1, 0.15) is 0 Å². The normalized spacial score (nSPS) is 11.5. The van der Waals surface area contributed by atoms with Crippen molar-refractivity contribution in [3.8, 4) is 0 Å². The highest BCUT2D eigenvalue weighted by atomic mass is 79.9. The summed E-state index contributed by atoms with van der Waals surface area (Å²) in [7, 11) is -3.62. The van der Waals surface area contributed by atoms with E-state index >= 15 is 0 Å². The fourth-order valence-corrected chi connectivity index (χ4v) is 3.93. The lowest BCUT2D eigenvalue weighted by molar-refractivity contribution is 0.474. The van der Waals surface area contributed by atoms with Crippen molar-refractivity contribution >= 4 is 31.6 Å². The van der Waals surface area contributed by atoms with Gasteiger partial charge in [0, 0.05) is 23.2 Å². The molecule has 1 aromatic rings. The van der Waals surface area contributed by atoms with Crippen molar-refractivity contribution in [3.05, 3.63) is 47.5 Å². The summed E-state index contributed by atoms with van der Waals surface area (Å²) in [5.41, 5.74) is 6.79. The molecule has 0 aliphatic carbocycles. The zero-order valence-electron chi connectivity index (χ0n) is 10.8. The third-order valence-corrected chi connectivity index (χ3v) is 5.06. The molecular formula is C13H17BrN2O2S. The largest absolute Gasteiger partial charge is 0.398 e. The number of anilines is 1. The molecule has 0 bridgehead atoms. The van der Waals surface area contributed by atoms with Gasteiger partial charge < -0.3 is 5.73 Å². The lowest BCUT2D eigenvalue weighted by Gasteiger charge is -2.21. The number of benzene rings is 1. The van der Waals surface area contributed by atoms with E-state index < -0.39 is 10.0 Å². The maximum atomic E-state index is 12.6. The fraction of sp³-hybridized carbons (Fsp3) is 0.231. The molecule has 1 aromatic carbocycles. The van der Waals surface area contributed by atoms with Crippen molar-refractivity contribution in [2.75, 3.05) is 18.8 Å². The molecule has 4 nitrogen and oxygen atoms in total. The first kappa shape index (κ1) is 15.9. The van der Waals surface area contributed by atoms with Crippen LogP contribution in [0.1, 0.15) is 5.56 Å². The Bertz CT molecular complexity index is 587. The molecule has 2 N–H and O–H groups in total. The maximum Gasteiger partial charge on any atom is 0.244 e. The van der Waals surface area contributed by atoms with Crippen LogP contribution in [0.2, 0.25) is 0 Å². The Kier molecular flexibility index (Phi) is 5.34. The molecule has 19 heavy (non-hydrogen) atoms. The molecule has 0 saturated carbocycles. The molecule has 0 unspecified atom stereocenters. The van der Waals surface area contributed by atoms with E-state index in [1.54, 1.807) is 19.1 Å². The molecule has 0 aromatic heterocycles. The maximum absolute atomic E-state index is 12.6. The molecule has 104 valence electrons. The van der Waals surface area contributed by atoms with Gasteiger partial charge in [0.25, 0.3) is 0 Å². The van der Waals surface area contributed by atoms with Crippen LogP contribution >= 0.6 is 15.9 Å². The summed E-state index contributed by atoms with van der Waals surface area (Å²) in [6, 6.07) is 3.24. The minimum absolute atomic E-state index is 0.197. The zero-order chi connectivity index (χ0) is 14.6. The third-order valence-electron chi connectivity index (χ3n) is 2.65. The van der Waals surface area contributed by atoms with Crippen LogP contribution in [0.25, 0.3) is 0 Å². The second-order valence-electron chi connectivity index (χ2n) is 4.02. The highest BCUT2D eigenvalue weighted by molar-refractivity contribution is 9.10. The number of hydrogen-bond donors (Lipinski definition) is 1. The average molecular weight is 345 g/mol. The molecule has 0 radical (unpaired) electrons. The lowest BCUT2D eigenvalue weighted by Crippen LogP contribution is -2.32. The van der Waals surface area contributed by atoms with E-state index in [-0.39, 0.29) is 18.0 Å². The number of nitrogen functional groups attached to an aromatic ring is 1. The Labute approximate surface area is 122 Å². The minimum Gasteiger partial charge on any atom is -0.398 e. The van der Waals surface area contributed by atoms with E-state index in [1.807, 2.05) is 0 Å². The van der Waals surface area contributed by atoms with Gasteiger partial charge in [-0.1, -0.05) is 28.1 Å². The monoisotopic (exact) mass is 344 g/mol. The van der Waals surface area contributed by atoms with Crippen molar-refractivity contribution in [3.63, 3.8) is 0 Å². The van der Waals surface area contributed by atoms with Crippen LogP contribution in [0.5, 0.6) is 0 Å². The van der Waals surface area contributed by atoms with Crippen LogP contribution in [-0.2, 0) is 10.0 Å². The van der Waals surface area contributed by atoms with Gasteiger partial charge in [-0.25, -0.2) is 8.42 Å². The smallest absolute Gasteiger partial charge is 0.244 e. The lowest BCUT2D eigenvalue weighted by atomic mass is 10.2. The van der Waals surface area contributed by atoms with Crippen molar-refractivity contribution in [1.82, 2.24) is 4.31 Å². The standard InChI is InChI=1S/C13H17BrN2O2S/c1-4-6-16(7-5-2)19(17,18)13-9-11(14)8-12(15)10(13)3/h4-5,8-9H,1-2,6-7,15H2,3H3. The first-order valence-electron chi connectivity index (χ1n) is 5.62. The topological polar surface area (TPSA) is 63.4 Å². The zero-order valence-corrected chi connectivity index (χ0v) is 13.2. The van der Waals surface area contributed by atoms with Crippen LogP contribution in [-0.4, -0.2) is 25.8 Å². The van der Waals surface area contributed by atoms with Gasteiger partial charge in [-0.2, -0.15) is 4.31 Å². The first-order valence-corrected chi connectivity index (χ1v) is 7.85. The predicted octanol–water partition coefficient (Wildman–Crippen LogP) is 2.70. The molecule has 0 spiro atoms. The van der Waals surface area contributed by atoms with Gasteiger partial charge in [-0.15, -0.1) is 13.2 Å². The molecule has 0 aliphatic rings. The fourth-order valence-electron chi connectivity index (χ4n) is 1.64. The van der Waals surface area contributed by atoms with Gasteiger partial charge in [0.2, 0.25) is 10.0 Å². The molecule has 0 saturated heterocycles. The number of nitrogens with two attached hydrogens (primary N) is 1. The molecule has 0 heterocycles. The highest BCUT2D eigenvalue weighted by Gasteiger charge is 2.25. The molecule has 0 fully saturated rings. The molecule has 6 heteroatoms. The van der Waals surface area contributed by atoms with Crippen LogP contribution in [0.3, 0.4) is 0 Å². The summed E-state index contributed by atoms with van der Waals surface area (Å²) in [4.78, 5) is 0.197. The minimum atomic E-state index is -3.62. The van der Waals surface area contributed by atoms with E-state index in [1.165, 1.54) is 16.5 Å². The third kappa shape index (κ3) is 3.46. The molecule has 0 aliphatic heterocycles. The number of halogens is 1. The summed E-state index contributed by atoms with van der Waals surface area (Å²) in [5.74, 6) is 0. The first-order chi connectivity index (χ1) is 8.84. The summed E-state index contributed by atoms with van der Waals surface area (Å²) in [5, 5.41) is 0. The van der Waals surface area contributed by atoms with Crippen molar-refractivity contribution in [2.45, 2.75) is 11.8 Å². The van der Waals surface area contributed by atoms with Crippen LogP contribution in [0, 0.1) is 6.92 Å². The van der Waals surface area contributed by atoms with Gasteiger partial charge in [0.15, 0.2) is 0 Å². The predicted molar refractivity (Wildman–Crippen MR) is 82.4 cm³/mol. The Morgan fingerprint density at radius 2 is 1.84 bits per heavy atom. The molecule has 1 rings (SSSR count). The number of rotatable bonds is 6.